The molecular formula is C22H25N3O. The highest BCUT2D eigenvalue weighted by atomic mass is 16.1. The summed E-state index contributed by atoms with van der Waals surface area (Å²) in [5, 5.41) is 0. The summed E-state index contributed by atoms with van der Waals surface area (Å²) < 4.78 is 2.07. The van der Waals surface area contributed by atoms with E-state index >= 15 is 0 Å². The number of fused-ring (bicyclic) bond motifs is 1. The molecular weight excluding hydrogens is 322 g/mol. The molecule has 3 heterocycles. The monoisotopic (exact) mass is 347 g/mol. The molecule has 3 aromatic rings. The molecule has 0 radical (unpaired) electrons. The van der Waals surface area contributed by atoms with E-state index in [1.807, 2.05) is 30.3 Å². The SMILES string of the molecule is Cc1ccn2cc(CN3CCC[C@H](C(=O)Cc4ccccc4)C3)nc2c1. The summed E-state index contributed by atoms with van der Waals surface area (Å²) in [6.07, 6.45) is 6.80. The Balaban J connectivity index is 1.40. The molecule has 26 heavy (non-hydrogen) atoms. The van der Waals surface area contributed by atoms with E-state index in [1.54, 1.807) is 0 Å². The average Bonchev–Trinajstić information content (AvgIpc) is 3.04. The molecule has 2 aromatic heterocycles. The van der Waals surface area contributed by atoms with Gasteiger partial charge >= 0.3 is 0 Å². The standard InChI is InChI=1S/C22H25N3O/c1-17-9-11-25-16-20(23-22(25)12-17)15-24-10-5-8-19(14-24)21(26)13-18-6-3-2-4-7-18/h2-4,6-7,9,11-12,16,19H,5,8,10,13-15H2,1H3/t19-/m0/s1. The fraction of sp³-hybridized carbons (Fsp3) is 0.364. The van der Waals surface area contributed by atoms with Crippen LogP contribution in [0, 0.1) is 12.8 Å². The van der Waals surface area contributed by atoms with Crippen LogP contribution in [0.5, 0.6) is 0 Å². The largest absolute Gasteiger partial charge is 0.307 e. The number of carbonyl (C=O) groups is 1. The van der Waals surface area contributed by atoms with Gasteiger partial charge in [-0.05, 0) is 49.6 Å². The minimum atomic E-state index is 0.142. The number of piperidine rings is 1. The first kappa shape index (κ1) is 17.0. The van der Waals surface area contributed by atoms with Crippen molar-refractivity contribution in [1.29, 1.82) is 0 Å². The van der Waals surface area contributed by atoms with Crippen molar-refractivity contribution in [2.45, 2.75) is 32.7 Å². The molecule has 0 N–H and O–H groups in total. The first-order valence-corrected chi connectivity index (χ1v) is 9.40. The van der Waals surface area contributed by atoms with Crippen LogP contribution in [0.4, 0.5) is 0 Å². The molecule has 1 aliphatic rings. The number of hydrogen-bond donors (Lipinski definition) is 0. The van der Waals surface area contributed by atoms with Gasteiger partial charge in [0.05, 0.1) is 5.69 Å². The second kappa shape index (κ2) is 7.42. The Morgan fingerprint density at radius 1 is 1.23 bits per heavy atom. The van der Waals surface area contributed by atoms with Crippen LogP contribution in [0.2, 0.25) is 0 Å². The van der Waals surface area contributed by atoms with Gasteiger partial charge in [-0.3, -0.25) is 9.69 Å². The Morgan fingerprint density at radius 3 is 2.92 bits per heavy atom. The van der Waals surface area contributed by atoms with Gasteiger partial charge in [0.25, 0.3) is 0 Å². The van der Waals surface area contributed by atoms with E-state index in [1.165, 1.54) is 5.56 Å². The van der Waals surface area contributed by atoms with Crippen molar-refractivity contribution in [3.8, 4) is 0 Å². The fourth-order valence-corrected chi connectivity index (χ4v) is 3.84. The lowest BCUT2D eigenvalue weighted by Crippen LogP contribution is -2.38. The Kier molecular flexibility index (Phi) is 4.85. The molecule has 4 nitrogen and oxygen atoms in total. The van der Waals surface area contributed by atoms with Crippen molar-refractivity contribution >= 4 is 11.4 Å². The van der Waals surface area contributed by atoms with Crippen molar-refractivity contribution in [1.82, 2.24) is 14.3 Å². The van der Waals surface area contributed by atoms with Gasteiger partial charge < -0.3 is 4.40 Å². The third-order valence-electron chi connectivity index (χ3n) is 5.23. The summed E-state index contributed by atoms with van der Waals surface area (Å²) in [6, 6.07) is 14.3. The molecule has 1 aliphatic heterocycles. The highest BCUT2D eigenvalue weighted by molar-refractivity contribution is 5.83. The van der Waals surface area contributed by atoms with Crippen LogP contribution in [0.25, 0.3) is 5.65 Å². The lowest BCUT2D eigenvalue weighted by Gasteiger charge is -2.31. The molecule has 134 valence electrons. The summed E-state index contributed by atoms with van der Waals surface area (Å²) >= 11 is 0. The topological polar surface area (TPSA) is 37.6 Å². The van der Waals surface area contributed by atoms with Gasteiger partial charge in [0.2, 0.25) is 0 Å². The molecule has 4 rings (SSSR count). The Hall–Kier alpha value is -2.46. The third kappa shape index (κ3) is 3.86. The van der Waals surface area contributed by atoms with Crippen LogP contribution in [0.3, 0.4) is 0 Å². The number of aromatic nitrogens is 2. The summed E-state index contributed by atoms with van der Waals surface area (Å²) in [4.78, 5) is 19.8. The molecule has 1 fully saturated rings. The molecule has 0 bridgehead atoms. The van der Waals surface area contributed by atoms with Gasteiger partial charge in [0.1, 0.15) is 11.4 Å². The summed E-state index contributed by atoms with van der Waals surface area (Å²) in [5.41, 5.74) is 4.41. The maximum atomic E-state index is 12.7. The zero-order valence-electron chi connectivity index (χ0n) is 15.3. The number of aryl methyl sites for hydroxylation is 1. The summed E-state index contributed by atoms with van der Waals surface area (Å²) in [5.74, 6) is 0.509. The molecule has 4 heteroatoms. The second-order valence-electron chi connectivity index (χ2n) is 7.40. The highest BCUT2D eigenvalue weighted by Gasteiger charge is 2.26. The molecule has 0 unspecified atom stereocenters. The number of imidazole rings is 1. The Morgan fingerprint density at radius 2 is 2.08 bits per heavy atom. The van der Waals surface area contributed by atoms with E-state index in [-0.39, 0.29) is 5.92 Å². The number of benzene rings is 1. The molecule has 1 atom stereocenters. The van der Waals surface area contributed by atoms with Crippen LogP contribution in [0.15, 0.2) is 54.9 Å². The van der Waals surface area contributed by atoms with Crippen molar-refractivity contribution in [3.63, 3.8) is 0 Å². The van der Waals surface area contributed by atoms with Crippen LogP contribution >= 0.6 is 0 Å². The van der Waals surface area contributed by atoms with Crippen LogP contribution in [-0.2, 0) is 17.8 Å². The maximum absolute atomic E-state index is 12.7. The Bertz CT molecular complexity index is 900. The van der Waals surface area contributed by atoms with E-state index in [0.717, 1.165) is 49.4 Å². The minimum Gasteiger partial charge on any atom is -0.307 e. The van der Waals surface area contributed by atoms with E-state index in [4.69, 9.17) is 4.98 Å². The molecule has 1 aromatic carbocycles. The number of pyridine rings is 1. The zero-order chi connectivity index (χ0) is 17.9. The average molecular weight is 347 g/mol. The zero-order valence-corrected chi connectivity index (χ0v) is 15.3. The number of likely N-dealkylation sites (tertiary alicyclic amines) is 1. The van der Waals surface area contributed by atoms with Crippen LogP contribution in [-0.4, -0.2) is 33.2 Å². The van der Waals surface area contributed by atoms with Gasteiger partial charge in [-0.25, -0.2) is 4.98 Å². The van der Waals surface area contributed by atoms with Crippen molar-refractivity contribution in [2.24, 2.45) is 5.92 Å². The molecule has 0 spiro atoms. The van der Waals surface area contributed by atoms with Gasteiger partial charge in [0, 0.05) is 37.8 Å². The predicted octanol–water partition coefficient (Wildman–Crippen LogP) is 3.67. The smallest absolute Gasteiger partial charge is 0.141 e. The van der Waals surface area contributed by atoms with Crippen LogP contribution < -0.4 is 0 Å². The quantitative estimate of drug-likeness (QED) is 0.707. The van der Waals surface area contributed by atoms with Crippen molar-refractivity contribution in [3.05, 3.63) is 71.7 Å². The van der Waals surface area contributed by atoms with Gasteiger partial charge in [-0.2, -0.15) is 0 Å². The van der Waals surface area contributed by atoms with Gasteiger partial charge in [-0.1, -0.05) is 30.3 Å². The van der Waals surface area contributed by atoms with Crippen LogP contribution in [0.1, 0.15) is 29.7 Å². The van der Waals surface area contributed by atoms with E-state index in [9.17, 15) is 4.79 Å². The van der Waals surface area contributed by atoms with Gasteiger partial charge in [-0.15, -0.1) is 0 Å². The molecule has 0 amide bonds. The normalized spacial score (nSPS) is 18.3. The summed E-state index contributed by atoms with van der Waals surface area (Å²) in [7, 11) is 0. The predicted molar refractivity (Wildman–Crippen MR) is 103 cm³/mol. The lowest BCUT2D eigenvalue weighted by atomic mass is 9.90. The molecule has 0 saturated carbocycles. The van der Waals surface area contributed by atoms with E-state index < -0.39 is 0 Å². The first-order chi connectivity index (χ1) is 12.7. The number of hydrogen-bond acceptors (Lipinski definition) is 3. The fourth-order valence-electron chi connectivity index (χ4n) is 3.84. The van der Waals surface area contributed by atoms with Crippen molar-refractivity contribution in [2.75, 3.05) is 13.1 Å². The number of Topliss-reactive ketones (excluding diaryl/α,β-unsaturated/α-hetero) is 1. The van der Waals surface area contributed by atoms with E-state index in [2.05, 4.69) is 40.8 Å². The minimum absolute atomic E-state index is 0.142. The van der Waals surface area contributed by atoms with E-state index in [0.29, 0.717) is 12.2 Å². The first-order valence-electron chi connectivity index (χ1n) is 9.40. The highest BCUT2D eigenvalue weighted by Crippen LogP contribution is 2.21. The number of rotatable bonds is 5. The number of carbonyl (C=O) groups excluding carboxylic acids is 1. The number of ketones is 1. The van der Waals surface area contributed by atoms with Crippen molar-refractivity contribution < 1.29 is 4.79 Å². The van der Waals surface area contributed by atoms with Gasteiger partial charge in [0.15, 0.2) is 0 Å². The number of nitrogens with zero attached hydrogens (tertiary/aromatic N) is 3. The molecule has 0 aliphatic carbocycles. The third-order valence-corrected chi connectivity index (χ3v) is 5.23. The maximum Gasteiger partial charge on any atom is 0.141 e. The lowest BCUT2D eigenvalue weighted by molar-refractivity contribution is -0.124. The second-order valence-corrected chi connectivity index (χ2v) is 7.40. The summed E-state index contributed by atoms with van der Waals surface area (Å²) in [6.45, 7) is 4.79. The Labute approximate surface area is 154 Å². The molecule has 1 saturated heterocycles.